The van der Waals surface area contributed by atoms with E-state index in [0.29, 0.717) is 11.1 Å². The fourth-order valence-corrected chi connectivity index (χ4v) is 4.01. The number of Topliss-reactive ketones (excluding diaryl/α,β-unsaturated/α-hetero) is 1. The monoisotopic (exact) mass is 448 g/mol. The molecule has 0 aliphatic heterocycles. The zero-order valence-corrected chi connectivity index (χ0v) is 18.7. The van der Waals surface area contributed by atoms with E-state index >= 15 is 0 Å². The fraction of sp³-hybridized carbons (Fsp3) is 0.269. The van der Waals surface area contributed by atoms with Crippen LogP contribution in [0.3, 0.4) is 0 Å². The number of aromatic nitrogens is 1. The lowest BCUT2D eigenvalue weighted by Gasteiger charge is -2.22. The largest absolute Gasteiger partial charge is 0.394 e. The number of primary amides is 1. The summed E-state index contributed by atoms with van der Waals surface area (Å²) in [6.45, 7) is 1.52. The summed E-state index contributed by atoms with van der Waals surface area (Å²) in [6, 6.07) is 15.8. The molecule has 0 spiro atoms. The van der Waals surface area contributed by atoms with Crippen LogP contribution in [0.5, 0.6) is 0 Å². The summed E-state index contributed by atoms with van der Waals surface area (Å²) in [5.41, 5.74) is 9.26. The third-order valence-electron chi connectivity index (χ3n) is 5.82. The first-order valence-electron chi connectivity index (χ1n) is 10.7. The smallest absolute Gasteiger partial charge is 0.250 e. The van der Waals surface area contributed by atoms with E-state index in [1.807, 2.05) is 31.2 Å². The third kappa shape index (κ3) is 5.63. The SMILES string of the molecule is Cc1ccccc1C(CC(=O)c1ccc(=O)n(C)c1)c1ccc(C(N)=O)c(C[C@@H](O)CO)c1. The number of aryl methyl sites for hydroxylation is 2. The van der Waals surface area contributed by atoms with Crippen LogP contribution < -0.4 is 11.3 Å². The highest BCUT2D eigenvalue weighted by molar-refractivity contribution is 5.97. The number of hydrogen-bond acceptors (Lipinski definition) is 5. The average molecular weight is 449 g/mol. The Bertz CT molecular complexity index is 1230. The second-order valence-electron chi connectivity index (χ2n) is 8.22. The van der Waals surface area contributed by atoms with E-state index in [1.54, 1.807) is 25.2 Å². The van der Waals surface area contributed by atoms with Gasteiger partial charge in [-0.1, -0.05) is 36.4 Å². The molecule has 0 aliphatic carbocycles. The summed E-state index contributed by atoms with van der Waals surface area (Å²) in [7, 11) is 1.60. The Balaban J connectivity index is 2.08. The Labute approximate surface area is 192 Å². The number of rotatable bonds is 9. The highest BCUT2D eigenvalue weighted by Gasteiger charge is 2.23. The van der Waals surface area contributed by atoms with E-state index in [0.717, 1.165) is 16.7 Å². The summed E-state index contributed by atoms with van der Waals surface area (Å²) < 4.78 is 1.37. The van der Waals surface area contributed by atoms with Crippen LogP contribution in [0, 0.1) is 6.92 Å². The van der Waals surface area contributed by atoms with Crippen molar-refractivity contribution in [1.29, 1.82) is 0 Å². The van der Waals surface area contributed by atoms with Crippen molar-refractivity contribution >= 4 is 11.7 Å². The molecule has 3 aromatic rings. The summed E-state index contributed by atoms with van der Waals surface area (Å²) in [4.78, 5) is 36.8. The Morgan fingerprint density at radius 1 is 1.09 bits per heavy atom. The summed E-state index contributed by atoms with van der Waals surface area (Å²) in [6.07, 6.45) is 0.681. The standard InChI is InChI=1S/C26H28N2O5/c1-16-5-3-4-6-21(16)23(13-24(31)18-8-10-25(32)28(2)14-18)17-7-9-22(26(27)33)19(11-17)12-20(30)15-29/h3-11,14,20,23,29-30H,12-13,15H2,1-2H3,(H2,27,33)/t20-,23?/m1/s1. The molecule has 0 fully saturated rings. The zero-order chi connectivity index (χ0) is 24.1. The third-order valence-corrected chi connectivity index (χ3v) is 5.82. The van der Waals surface area contributed by atoms with Gasteiger partial charge in [0.15, 0.2) is 5.78 Å². The number of nitrogens with zero attached hydrogens (tertiary/aromatic N) is 1. The molecule has 0 radical (unpaired) electrons. The van der Waals surface area contributed by atoms with E-state index < -0.39 is 18.6 Å². The van der Waals surface area contributed by atoms with Crippen LogP contribution in [0.25, 0.3) is 0 Å². The molecule has 0 bridgehead atoms. The number of nitrogens with two attached hydrogens (primary N) is 1. The predicted molar refractivity (Wildman–Crippen MR) is 125 cm³/mol. The van der Waals surface area contributed by atoms with Crippen molar-refractivity contribution in [3.63, 3.8) is 0 Å². The zero-order valence-electron chi connectivity index (χ0n) is 18.7. The van der Waals surface area contributed by atoms with Gasteiger partial charge in [-0.3, -0.25) is 14.4 Å². The normalized spacial score (nSPS) is 12.8. The fourth-order valence-electron chi connectivity index (χ4n) is 4.01. The number of amides is 1. The van der Waals surface area contributed by atoms with Gasteiger partial charge < -0.3 is 20.5 Å². The maximum atomic E-state index is 13.2. The lowest BCUT2D eigenvalue weighted by Crippen LogP contribution is -2.21. The van der Waals surface area contributed by atoms with Crippen LogP contribution in [0.2, 0.25) is 0 Å². The van der Waals surface area contributed by atoms with Gasteiger partial charge in [0.05, 0.1) is 12.7 Å². The summed E-state index contributed by atoms with van der Waals surface area (Å²) in [5, 5.41) is 19.2. The lowest BCUT2D eigenvalue weighted by atomic mass is 9.82. The van der Waals surface area contributed by atoms with Gasteiger partial charge in [0.1, 0.15) is 0 Å². The Morgan fingerprint density at radius 2 is 1.82 bits per heavy atom. The first kappa shape index (κ1) is 24.1. The second kappa shape index (κ2) is 10.4. The van der Waals surface area contributed by atoms with Crippen molar-refractivity contribution < 1.29 is 19.8 Å². The van der Waals surface area contributed by atoms with Gasteiger partial charge in [0, 0.05) is 49.2 Å². The molecule has 1 unspecified atom stereocenters. The molecule has 33 heavy (non-hydrogen) atoms. The Kier molecular flexibility index (Phi) is 7.58. The molecule has 1 amide bonds. The molecule has 7 nitrogen and oxygen atoms in total. The number of carbonyl (C=O) groups excluding carboxylic acids is 2. The van der Waals surface area contributed by atoms with Gasteiger partial charge in [-0.25, -0.2) is 0 Å². The van der Waals surface area contributed by atoms with Gasteiger partial charge in [0.25, 0.3) is 0 Å². The van der Waals surface area contributed by atoms with Gasteiger partial charge >= 0.3 is 0 Å². The molecular formula is C26H28N2O5. The topological polar surface area (TPSA) is 123 Å². The number of carbonyl (C=O) groups is 2. The van der Waals surface area contributed by atoms with Gasteiger partial charge in [-0.05, 0) is 41.3 Å². The van der Waals surface area contributed by atoms with Gasteiger partial charge in [0.2, 0.25) is 11.5 Å². The molecule has 0 aliphatic rings. The molecule has 1 heterocycles. The summed E-state index contributed by atoms with van der Waals surface area (Å²) >= 11 is 0. The van der Waals surface area contributed by atoms with Crippen LogP contribution >= 0.6 is 0 Å². The number of aliphatic hydroxyl groups excluding tert-OH is 2. The Hall–Kier alpha value is -3.55. The first-order valence-corrected chi connectivity index (χ1v) is 10.7. The van der Waals surface area contributed by atoms with Crippen LogP contribution in [-0.4, -0.2) is 39.2 Å². The maximum absolute atomic E-state index is 13.2. The molecule has 172 valence electrons. The van der Waals surface area contributed by atoms with E-state index in [4.69, 9.17) is 5.73 Å². The highest BCUT2D eigenvalue weighted by atomic mass is 16.3. The molecule has 0 saturated heterocycles. The van der Waals surface area contributed by atoms with E-state index in [1.165, 1.54) is 22.9 Å². The minimum atomic E-state index is -1.04. The van der Waals surface area contributed by atoms with E-state index in [2.05, 4.69) is 0 Å². The minimum Gasteiger partial charge on any atom is -0.394 e. The van der Waals surface area contributed by atoms with Crippen molar-refractivity contribution in [1.82, 2.24) is 4.57 Å². The number of benzene rings is 2. The Morgan fingerprint density at radius 3 is 2.45 bits per heavy atom. The summed E-state index contributed by atoms with van der Waals surface area (Å²) in [5.74, 6) is -1.09. The molecule has 2 atom stereocenters. The number of ketones is 1. The number of hydrogen-bond donors (Lipinski definition) is 3. The van der Waals surface area contributed by atoms with Crippen molar-refractivity contribution in [2.24, 2.45) is 12.8 Å². The average Bonchev–Trinajstić information content (AvgIpc) is 2.79. The van der Waals surface area contributed by atoms with Crippen LogP contribution in [0.4, 0.5) is 0 Å². The molecule has 0 saturated carbocycles. The van der Waals surface area contributed by atoms with Crippen LogP contribution in [0.1, 0.15) is 55.3 Å². The van der Waals surface area contributed by atoms with Crippen molar-refractivity contribution in [2.45, 2.75) is 31.8 Å². The van der Waals surface area contributed by atoms with Crippen LogP contribution in [0.15, 0.2) is 65.6 Å². The van der Waals surface area contributed by atoms with Gasteiger partial charge in [-0.2, -0.15) is 0 Å². The van der Waals surface area contributed by atoms with E-state index in [9.17, 15) is 24.6 Å². The quantitative estimate of drug-likeness (QED) is 0.433. The molecule has 4 N–H and O–H groups in total. The molecule has 1 aromatic heterocycles. The predicted octanol–water partition coefficient (Wildman–Crippen LogP) is 2.09. The maximum Gasteiger partial charge on any atom is 0.250 e. The first-order chi connectivity index (χ1) is 15.7. The van der Waals surface area contributed by atoms with Gasteiger partial charge in [-0.15, -0.1) is 0 Å². The number of pyridine rings is 1. The molecule has 2 aromatic carbocycles. The lowest BCUT2D eigenvalue weighted by molar-refractivity contribution is 0.0938. The molecular weight excluding hydrogens is 420 g/mol. The van der Waals surface area contributed by atoms with Crippen molar-refractivity contribution in [2.75, 3.05) is 6.61 Å². The molecule has 3 rings (SSSR count). The van der Waals surface area contributed by atoms with Crippen molar-refractivity contribution in [3.8, 4) is 0 Å². The van der Waals surface area contributed by atoms with E-state index in [-0.39, 0.29) is 35.7 Å². The van der Waals surface area contributed by atoms with Crippen LogP contribution in [-0.2, 0) is 13.5 Å². The second-order valence-corrected chi connectivity index (χ2v) is 8.22. The van der Waals surface area contributed by atoms with Crippen molar-refractivity contribution in [3.05, 3.63) is 105 Å². The highest BCUT2D eigenvalue weighted by Crippen LogP contribution is 2.33. The minimum absolute atomic E-state index is 0.0534. The number of aliphatic hydroxyl groups is 2. The molecule has 7 heteroatoms.